The molecule has 0 aliphatic heterocycles. The molecule has 2 aromatic carbocycles. The van der Waals surface area contributed by atoms with Gasteiger partial charge >= 0.3 is 0 Å². The molecule has 0 radical (unpaired) electrons. The largest absolute Gasteiger partial charge is 0.352 e. The van der Waals surface area contributed by atoms with Gasteiger partial charge in [0.1, 0.15) is 12.6 Å². The van der Waals surface area contributed by atoms with Crippen LogP contribution in [0.1, 0.15) is 43.9 Å². The highest BCUT2D eigenvalue weighted by Crippen LogP contribution is 2.23. The van der Waals surface area contributed by atoms with Crippen molar-refractivity contribution in [1.29, 1.82) is 0 Å². The van der Waals surface area contributed by atoms with Crippen molar-refractivity contribution < 1.29 is 18.0 Å². The molecule has 0 unspecified atom stereocenters. The van der Waals surface area contributed by atoms with E-state index in [1.807, 2.05) is 33.8 Å². The fourth-order valence-electron chi connectivity index (χ4n) is 3.57. The number of nitrogens with zero attached hydrogens (tertiary/aromatic N) is 2. The molecule has 7 nitrogen and oxygen atoms in total. The molecular weight excluding hydrogens is 474 g/mol. The Balaban J connectivity index is 2.43. The van der Waals surface area contributed by atoms with Crippen LogP contribution in [0.5, 0.6) is 0 Å². The van der Waals surface area contributed by atoms with Crippen molar-refractivity contribution in [2.45, 2.75) is 59.7 Å². The van der Waals surface area contributed by atoms with E-state index >= 15 is 0 Å². The number of halogens is 1. The number of hydrogen-bond acceptors (Lipinski definition) is 4. The molecule has 186 valence electrons. The molecule has 0 fully saturated rings. The molecule has 0 aromatic heterocycles. The number of rotatable bonds is 10. The number of hydrogen-bond donors (Lipinski definition) is 1. The van der Waals surface area contributed by atoms with Gasteiger partial charge < -0.3 is 10.2 Å². The van der Waals surface area contributed by atoms with E-state index in [0.717, 1.165) is 28.1 Å². The zero-order valence-electron chi connectivity index (χ0n) is 20.6. The number of anilines is 1. The minimum absolute atomic E-state index is 0.0602. The Morgan fingerprint density at radius 1 is 1.06 bits per heavy atom. The highest BCUT2D eigenvalue weighted by atomic mass is 35.5. The number of sulfonamides is 1. The topological polar surface area (TPSA) is 86.8 Å². The van der Waals surface area contributed by atoms with Crippen LogP contribution in [0.4, 0.5) is 5.69 Å². The van der Waals surface area contributed by atoms with Crippen molar-refractivity contribution in [3.05, 3.63) is 64.2 Å². The van der Waals surface area contributed by atoms with Crippen molar-refractivity contribution in [2.24, 2.45) is 0 Å². The Morgan fingerprint density at radius 3 is 2.18 bits per heavy atom. The average molecular weight is 508 g/mol. The fraction of sp³-hybridized carbons (Fsp3) is 0.440. The van der Waals surface area contributed by atoms with Crippen molar-refractivity contribution >= 4 is 39.1 Å². The van der Waals surface area contributed by atoms with Crippen molar-refractivity contribution in [1.82, 2.24) is 10.2 Å². The summed E-state index contributed by atoms with van der Waals surface area (Å²) in [5, 5.41) is 3.36. The maximum Gasteiger partial charge on any atom is 0.244 e. The van der Waals surface area contributed by atoms with Gasteiger partial charge in [-0.15, -0.1) is 0 Å². The van der Waals surface area contributed by atoms with E-state index in [-0.39, 0.29) is 18.5 Å². The maximum absolute atomic E-state index is 13.6. The molecule has 34 heavy (non-hydrogen) atoms. The average Bonchev–Trinajstić information content (AvgIpc) is 2.74. The fourth-order valence-corrected chi connectivity index (χ4v) is 4.60. The summed E-state index contributed by atoms with van der Waals surface area (Å²) in [6.07, 6.45) is 1.81. The molecule has 0 bridgehead atoms. The van der Waals surface area contributed by atoms with E-state index in [0.29, 0.717) is 16.3 Å². The summed E-state index contributed by atoms with van der Waals surface area (Å²) in [5.41, 5.74) is 2.83. The molecule has 0 heterocycles. The van der Waals surface area contributed by atoms with Gasteiger partial charge in [0.05, 0.1) is 11.9 Å². The van der Waals surface area contributed by atoms with Crippen LogP contribution < -0.4 is 9.62 Å². The summed E-state index contributed by atoms with van der Waals surface area (Å²) >= 11 is 6.33. The van der Waals surface area contributed by atoms with Crippen LogP contribution in [0.2, 0.25) is 5.02 Å². The minimum Gasteiger partial charge on any atom is -0.352 e. The second kappa shape index (κ2) is 11.7. The number of carbonyl (C=O) groups excluding carboxylic acids is 2. The molecule has 0 saturated heterocycles. The number of nitrogens with one attached hydrogen (secondary N) is 1. The molecule has 2 rings (SSSR count). The van der Waals surface area contributed by atoms with Crippen molar-refractivity contribution in [3.8, 4) is 0 Å². The second-order valence-corrected chi connectivity index (χ2v) is 11.0. The molecular formula is C25H34ClN3O4S. The first-order valence-electron chi connectivity index (χ1n) is 11.2. The van der Waals surface area contributed by atoms with Gasteiger partial charge in [0.25, 0.3) is 0 Å². The minimum atomic E-state index is -3.77. The zero-order valence-corrected chi connectivity index (χ0v) is 22.2. The third-order valence-electron chi connectivity index (χ3n) is 5.64. The molecule has 0 saturated carbocycles. The van der Waals surface area contributed by atoms with E-state index in [1.54, 1.807) is 43.3 Å². The molecule has 2 atom stereocenters. The highest BCUT2D eigenvalue weighted by Gasteiger charge is 2.30. The normalized spacial score (nSPS) is 13.1. The van der Waals surface area contributed by atoms with Crippen molar-refractivity contribution in [3.63, 3.8) is 0 Å². The van der Waals surface area contributed by atoms with Crippen LogP contribution in [-0.4, -0.2) is 50.0 Å². The number of aryl methyl sites for hydroxylation is 2. The van der Waals surface area contributed by atoms with Gasteiger partial charge in [-0.1, -0.05) is 42.8 Å². The monoisotopic (exact) mass is 507 g/mol. The molecule has 0 aliphatic carbocycles. The lowest BCUT2D eigenvalue weighted by atomic mass is 10.1. The van der Waals surface area contributed by atoms with Gasteiger partial charge in [0, 0.05) is 17.6 Å². The number of benzene rings is 2. The van der Waals surface area contributed by atoms with Gasteiger partial charge in [-0.2, -0.15) is 0 Å². The number of amides is 2. The van der Waals surface area contributed by atoms with Crippen LogP contribution in [0.15, 0.2) is 42.5 Å². The van der Waals surface area contributed by atoms with Crippen molar-refractivity contribution in [2.75, 3.05) is 17.1 Å². The van der Waals surface area contributed by atoms with Crippen LogP contribution >= 0.6 is 11.6 Å². The highest BCUT2D eigenvalue weighted by molar-refractivity contribution is 7.92. The quantitative estimate of drug-likeness (QED) is 0.525. The summed E-state index contributed by atoms with van der Waals surface area (Å²) in [4.78, 5) is 27.8. The Bertz CT molecular complexity index is 1120. The summed E-state index contributed by atoms with van der Waals surface area (Å²) in [6, 6.07) is 11.5. The molecule has 0 spiro atoms. The molecule has 0 aliphatic rings. The summed E-state index contributed by atoms with van der Waals surface area (Å²) in [7, 11) is -3.77. The maximum atomic E-state index is 13.6. The smallest absolute Gasteiger partial charge is 0.244 e. The van der Waals surface area contributed by atoms with Gasteiger partial charge in [-0.25, -0.2) is 8.42 Å². The zero-order chi connectivity index (χ0) is 25.6. The SMILES string of the molecule is CC[C@@H](C)NC(=O)[C@@H](C)N(Cc1ccccc1Cl)C(=O)CN(c1cc(C)cc(C)c1)S(C)(=O)=O. The standard InChI is InChI=1S/C25H34ClN3O4S/c1-7-19(4)27-25(31)20(5)28(15-21-10-8-9-11-23(21)26)24(30)16-29(34(6,32)33)22-13-17(2)12-18(3)14-22/h8-14,19-20H,7,15-16H2,1-6H3,(H,27,31)/t19-,20-/m1/s1. The van der Waals surface area contributed by atoms with E-state index < -0.39 is 28.5 Å². The lowest BCUT2D eigenvalue weighted by molar-refractivity contribution is -0.139. The van der Waals surface area contributed by atoms with E-state index in [9.17, 15) is 18.0 Å². The first-order valence-corrected chi connectivity index (χ1v) is 13.4. The third-order valence-corrected chi connectivity index (χ3v) is 7.15. The Labute approximate surface area is 208 Å². The van der Waals surface area contributed by atoms with E-state index in [4.69, 9.17) is 11.6 Å². The molecule has 9 heteroatoms. The first-order chi connectivity index (χ1) is 15.8. The lowest BCUT2D eigenvalue weighted by Crippen LogP contribution is -2.52. The number of carbonyl (C=O) groups is 2. The van der Waals surface area contributed by atoms with Gasteiger partial charge in [-0.05, 0) is 69.0 Å². The predicted molar refractivity (Wildman–Crippen MR) is 137 cm³/mol. The molecule has 1 N–H and O–H groups in total. The van der Waals surface area contributed by atoms with Crippen LogP contribution in [0.3, 0.4) is 0 Å². The lowest BCUT2D eigenvalue weighted by Gasteiger charge is -2.32. The molecule has 2 aromatic rings. The van der Waals surface area contributed by atoms with E-state index in [1.165, 1.54) is 4.90 Å². The van der Waals surface area contributed by atoms with Crippen LogP contribution in [0.25, 0.3) is 0 Å². The third kappa shape index (κ3) is 7.46. The van der Waals surface area contributed by atoms with Gasteiger partial charge in [-0.3, -0.25) is 13.9 Å². The molecule has 2 amide bonds. The van der Waals surface area contributed by atoms with Crippen LogP contribution in [-0.2, 0) is 26.2 Å². The van der Waals surface area contributed by atoms with E-state index in [2.05, 4.69) is 5.32 Å². The second-order valence-electron chi connectivity index (χ2n) is 8.72. The Morgan fingerprint density at radius 2 is 1.65 bits per heavy atom. The summed E-state index contributed by atoms with van der Waals surface area (Å²) < 4.78 is 26.4. The predicted octanol–water partition coefficient (Wildman–Crippen LogP) is 4.05. The Hall–Kier alpha value is -2.58. The summed E-state index contributed by atoms with van der Waals surface area (Å²) in [5.74, 6) is -0.816. The Kier molecular flexibility index (Phi) is 9.53. The van der Waals surface area contributed by atoms with Crippen LogP contribution in [0, 0.1) is 13.8 Å². The first kappa shape index (κ1) is 27.7. The van der Waals surface area contributed by atoms with Gasteiger partial charge in [0.2, 0.25) is 21.8 Å². The summed E-state index contributed by atoms with van der Waals surface area (Å²) in [6.45, 7) is 8.83. The van der Waals surface area contributed by atoms with Gasteiger partial charge in [0.15, 0.2) is 0 Å².